The molecule has 0 bridgehead atoms. The zero-order valence-corrected chi connectivity index (χ0v) is 15.8. The first-order valence-corrected chi connectivity index (χ1v) is 9.74. The zero-order valence-electron chi connectivity index (χ0n) is 15.8. The molecule has 8 nitrogen and oxygen atoms in total. The van der Waals surface area contributed by atoms with E-state index in [1.165, 1.54) is 0 Å². The van der Waals surface area contributed by atoms with E-state index in [1.807, 2.05) is 29.6 Å². The summed E-state index contributed by atoms with van der Waals surface area (Å²) in [7, 11) is 0. The van der Waals surface area contributed by atoms with Gasteiger partial charge in [0.2, 0.25) is 17.6 Å². The summed E-state index contributed by atoms with van der Waals surface area (Å²) in [5, 5.41) is 3.99. The van der Waals surface area contributed by atoms with Crippen molar-refractivity contribution in [2.45, 2.75) is 38.6 Å². The molecular formula is C20H24N6O2. The molecule has 0 unspecified atom stereocenters. The largest absolute Gasteiger partial charge is 0.342 e. The van der Waals surface area contributed by atoms with E-state index >= 15 is 0 Å². The monoisotopic (exact) mass is 380 g/mol. The van der Waals surface area contributed by atoms with E-state index in [4.69, 9.17) is 4.52 Å². The average molecular weight is 380 g/mol. The van der Waals surface area contributed by atoms with Crippen LogP contribution in [0.1, 0.15) is 31.6 Å². The van der Waals surface area contributed by atoms with Gasteiger partial charge in [0, 0.05) is 62.8 Å². The van der Waals surface area contributed by atoms with Crippen molar-refractivity contribution in [2.75, 3.05) is 13.1 Å². The third-order valence-electron chi connectivity index (χ3n) is 5.07. The van der Waals surface area contributed by atoms with Crippen LogP contribution in [0.3, 0.4) is 0 Å². The molecule has 28 heavy (non-hydrogen) atoms. The zero-order chi connectivity index (χ0) is 19.2. The van der Waals surface area contributed by atoms with Gasteiger partial charge in [-0.1, -0.05) is 5.16 Å². The van der Waals surface area contributed by atoms with Crippen molar-refractivity contribution in [3.63, 3.8) is 0 Å². The fraction of sp³-hybridized carbons (Fsp3) is 0.450. The van der Waals surface area contributed by atoms with Crippen LogP contribution in [0.25, 0.3) is 11.4 Å². The molecule has 8 heteroatoms. The van der Waals surface area contributed by atoms with Crippen molar-refractivity contribution in [1.82, 2.24) is 29.6 Å². The average Bonchev–Trinajstić information content (AvgIpc) is 3.41. The Labute approximate surface area is 163 Å². The first-order valence-electron chi connectivity index (χ1n) is 9.74. The minimum atomic E-state index is 0.210. The van der Waals surface area contributed by atoms with Crippen LogP contribution < -0.4 is 0 Å². The van der Waals surface area contributed by atoms with Crippen molar-refractivity contribution < 1.29 is 9.32 Å². The smallest absolute Gasteiger partial charge is 0.226 e. The van der Waals surface area contributed by atoms with E-state index in [0.717, 1.165) is 38.0 Å². The maximum absolute atomic E-state index is 12.6. The number of hydrogen-bond donors (Lipinski definition) is 0. The third kappa shape index (κ3) is 4.62. The molecule has 146 valence electrons. The molecule has 0 saturated carbocycles. The van der Waals surface area contributed by atoms with E-state index in [1.54, 1.807) is 18.6 Å². The summed E-state index contributed by atoms with van der Waals surface area (Å²) in [4.78, 5) is 27.1. The van der Waals surface area contributed by atoms with Crippen molar-refractivity contribution in [2.24, 2.45) is 5.92 Å². The minimum absolute atomic E-state index is 0.210. The number of pyridine rings is 1. The Morgan fingerprint density at radius 3 is 3.07 bits per heavy atom. The fourth-order valence-corrected chi connectivity index (χ4v) is 3.65. The predicted molar refractivity (Wildman–Crippen MR) is 102 cm³/mol. The van der Waals surface area contributed by atoms with E-state index in [2.05, 4.69) is 24.7 Å². The molecule has 1 aliphatic heterocycles. The standard InChI is InChI=1S/C20H24N6O2/c27-19(26-10-3-4-16(14-26)13-25-11-9-22-15-25)7-1-6-18-23-20(24-28-18)17-5-2-8-21-12-17/h2,5,8-9,11-12,15-16H,1,3-4,6-7,10,13-14H2/t16-/m1/s1. The first kappa shape index (κ1) is 18.3. The summed E-state index contributed by atoms with van der Waals surface area (Å²) < 4.78 is 7.39. The van der Waals surface area contributed by atoms with Crippen LogP contribution in [0.4, 0.5) is 0 Å². The van der Waals surface area contributed by atoms with E-state index in [-0.39, 0.29) is 5.91 Å². The highest BCUT2D eigenvalue weighted by Gasteiger charge is 2.23. The van der Waals surface area contributed by atoms with E-state index in [9.17, 15) is 4.79 Å². The predicted octanol–water partition coefficient (Wildman–Crippen LogP) is 2.59. The number of hydrogen-bond acceptors (Lipinski definition) is 6. The molecule has 0 aliphatic carbocycles. The molecule has 1 amide bonds. The van der Waals surface area contributed by atoms with E-state index in [0.29, 0.717) is 36.9 Å². The summed E-state index contributed by atoms with van der Waals surface area (Å²) in [6.07, 6.45) is 13.0. The highest BCUT2D eigenvalue weighted by molar-refractivity contribution is 5.76. The lowest BCUT2D eigenvalue weighted by atomic mass is 9.97. The summed E-state index contributed by atoms with van der Waals surface area (Å²) in [6.45, 7) is 2.59. The second-order valence-corrected chi connectivity index (χ2v) is 7.21. The van der Waals surface area contributed by atoms with Gasteiger partial charge in [-0.15, -0.1) is 0 Å². The number of aryl methyl sites for hydroxylation is 1. The Balaban J connectivity index is 1.24. The number of aromatic nitrogens is 5. The molecular weight excluding hydrogens is 356 g/mol. The van der Waals surface area contributed by atoms with Gasteiger partial charge in [0.25, 0.3) is 0 Å². The molecule has 1 saturated heterocycles. The number of piperidine rings is 1. The molecule has 3 aromatic heterocycles. The highest BCUT2D eigenvalue weighted by Crippen LogP contribution is 2.20. The lowest BCUT2D eigenvalue weighted by molar-refractivity contribution is -0.133. The molecule has 3 aromatic rings. The van der Waals surface area contributed by atoms with Crippen LogP contribution in [-0.4, -0.2) is 48.6 Å². The minimum Gasteiger partial charge on any atom is -0.342 e. The van der Waals surface area contributed by atoms with Gasteiger partial charge in [-0.25, -0.2) is 4.98 Å². The van der Waals surface area contributed by atoms with Gasteiger partial charge in [-0.2, -0.15) is 4.98 Å². The second kappa shape index (κ2) is 8.77. The van der Waals surface area contributed by atoms with Crippen LogP contribution in [-0.2, 0) is 17.8 Å². The Kier molecular flexibility index (Phi) is 5.75. The quantitative estimate of drug-likeness (QED) is 0.626. The van der Waals surface area contributed by atoms with Crippen molar-refractivity contribution in [3.8, 4) is 11.4 Å². The number of nitrogens with zero attached hydrogens (tertiary/aromatic N) is 6. The molecule has 1 aliphatic rings. The number of amides is 1. The van der Waals surface area contributed by atoms with Gasteiger partial charge in [0.05, 0.1) is 6.33 Å². The maximum Gasteiger partial charge on any atom is 0.226 e. The molecule has 0 radical (unpaired) electrons. The second-order valence-electron chi connectivity index (χ2n) is 7.21. The molecule has 1 fully saturated rings. The van der Waals surface area contributed by atoms with Crippen molar-refractivity contribution in [3.05, 3.63) is 49.1 Å². The summed E-state index contributed by atoms with van der Waals surface area (Å²) in [5.74, 6) is 1.79. The van der Waals surface area contributed by atoms with Crippen molar-refractivity contribution >= 4 is 5.91 Å². The molecule has 0 aromatic carbocycles. The molecule has 1 atom stereocenters. The topological polar surface area (TPSA) is 89.9 Å². The van der Waals surface area contributed by atoms with Crippen LogP contribution in [0, 0.1) is 5.92 Å². The normalized spacial score (nSPS) is 17.0. The highest BCUT2D eigenvalue weighted by atomic mass is 16.5. The molecule has 0 spiro atoms. The fourth-order valence-electron chi connectivity index (χ4n) is 3.65. The van der Waals surface area contributed by atoms with Gasteiger partial charge in [0.15, 0.2) is 0 Å². The molecule has 4 heterocycles. The van der Waals surface area contributed by atoms with Crippen LogP contribution in [0.5, 0.6) is 0 Å². The lowest BCUT2D eigenvalue weighted by Crippen LogP contribution is -2.41. The SMILES string of the molecule is O=C(CCCc1nc(-c2cccnc2)no1)N1CCC[C@H](Cn2ccnc2)C1. The summed E-state index contributed by atoms with van der Waals surface area (Å²) >= 11 is 0. The van der Waals surface area contributed by atoms with Gasteiger partial charge < -0.3 is 14.0 Å². The third-order valence-corrected chi connectivity index (χ3v) is 5.07. The van der Waals surface area contributed by atoms with Crippen molar-refractivity contribution in [1.29, 1.82) is 0 Å². The number of likely N-dealkylation sites (tertiary alicyclic amines) is 1. The van der Waals surface area contributed by atoms with Gasteiger partial charge in [-0.05, 0) is 37.3 Å². The lowest BCUT2D eigenvalue weighted by Gasteiger charge is -2.33. The Morgan fingerprint density at radius 1 is 1.29 bits per heavy atom. The number of carbonyl (C=O) groups excluding carboxylic acids is 1. The first-order chi connectivity index (χ1) is 13.8. The summed E-state index contributed by atoms with van der Waals surface area (Å²) in [5.41, 5.74) is 0.825. The van der Waals surface area contributed by atoms with Crippen LogP contribution in [0.15, 0.2) is 47.8 Å². The maximum atomic E-state index is 12.6. The summed E-state index contributed by atoms with van der Waals surface area (Å²) in [6, 6.07) is 3.73. The van der Waals surface area contributed by atoms with Crippen LogP contribution >= 0.6 is 0 Å². The number of rotatable bonds is 7. The van der Waals surface area contributed by atoms with E-state index < -0.39 is 0 Å². The number of carbonyl (C=O) groups is 1. The Morgan fingerprint density at radius 2 is 2.25 bits per heavy atom. The number of imidazole rings is 1. The Bertz CT molecular complexity index is 877. The van der Waals surface area contributed by atoms with Gasteiger partial charge >= 0.3 is 0 Å². The van der Waals surface area contributed by atoms with Crippen LogP contribution in [0.2, 0.25) is 0 Å². The Hall–Kier alpha value is -3.03. The molecule has 4 rings (SSSR count). The van der Waals surface area contributed by atoms with Gasteiger partial charge in [-0.3, -0.25) is 9.78 Å². The molecule has 0 N–H and O–H groups in total. The van der Waals surface area contributed by atoms with Gasteiger partial charge in [0.1, 0.15) is 0 Å².